The summed E-state index contributed by atoms with van der Waals surface area (Å²) in [5.74, 6) is -1.35. The van der Waals surface area contributed by atoms with Crippen molar-refractivity contribution in [1.29, 1.82) is 0 Å². The van der Waals surface area contributed by atoms with Gasteiger partial charge in [-0.1, -0.05) is 42.5 Å². The molecule has 0 saturated heterocycles. The van der Waals surface area contributed by atoms with Gasteiger partial charge in [0.1, 0.15) is 18.1 Å². The van der Waals surface area contributed by atoms with Crippen molar-refractivity contribution in [3.05, 3.63) is 65.9 Å². The van der Waals surface area contributed by atoms with Crippen LogP contribution in [0.4, 0.5) is 8.78 Å². The Kier molecular flexibility index (Phi) is 4.84. The summed E-state index contributed by atoms with van der Waals surface area (Å²) in [6.45, 7) is 2.85. The van der Waals surface area contributed by atoms with Crippen LogP contribution in [0.3, 0.4) is 0 Å². The summed E-state index contributed by atoms with van der Waals surface area (Å²) >= 11 is 0. The van der Waals surface area contributed by atoms with Crippen LogP contribution in [0.15, 0.2) is 48.7 Å². The Bertz CT molecular complexity index is 818. The van der Waals surface area contributed by atoms with Crippen molar-refractivity contribution in [3.63, 3.8) is 0 Å². The summed E-state index contributed by atoms with van der Waals surface area (Å²) in [7, 11) is 0. The number of ether oxygens (including phenoxy) is 1. The van der Waals surface area contributed by atoms with Gasteiger partial charge in [0.25, 0.3) is 0 Å². The third kappa shape index (κ3) is 3.59. The highest BCUT2D eigenvalue weighted by molar-refractivity contribution is 5.60. The molecule has 1 heterocycles. The average Bonchev–Trinajstić information content (AvgIpc) is 3.05. The van der Waals surface area contributed by atoms with E-state index < -0.39 is 11.6 Å². The van der Waals surface area contributed by atoms with Crippen LogP contribution >= 0.6 is 0 Å². The maximum atomic E-state index is 14.3. The van der Waals surface area contributed by atoms with E-state index in [1.165, 1.54) is 0 Å². The Hall–Kier alpha value is -2.76. The van der Waals surface area contributed by atoms with Gasteiger partial charge in [0, 0.05) is 18.2 Å². The highest BCUT2D eigenvalue weighted by Gasteiger charge is 2.15. The van der Waals surface area contributed by atoms with E-state index in [2.05, 4.69) is 10.3 Å². The van der Waals surface area contributed by atoms with Crippen LogP contribution in [-0.4, -0.2) is 15.0 Å². The van der Waals surface area contributed by atoms with Crippen LogP contribution in [0.2, 0.25) is 0 Å². The molecule has 24 heavy (non-hydrogen) atoms. The number of benzene rings is 2. The molecule has 0 saturated carbocycles. The minimum Gasteiger partial charge on any atom is -0.486 e. The molecule has 3 aromatic rings. The first-order valence-corrected chi connectivity index (χ1v) is 7.73. The van der Waals surface area contributed by atoms with Gasteiger partial charge in [0.15, 0.2) is 11.6 Å². The zero-order chi connectivity index (χ0) is 16.9. The molecular formula is C18H17F2N3O. The average molecular weight is 329 g/mol. The molecule has 0 spiro atoms. The molecule has 2 aromatic carbocycles. The number of halogens is 2. The lowest BCUT2D eigenvalue weighted by Gasteiger charge is -2.09. The maximum Gasteiger partial charge on any atom is 0.165 e. The first-order chi connectivity index (χ1) is 11.7. The van der Waals surface area contributed by atoms with Crippen molar-refractivity contribution >= 4 is 0 Å². The molecule has 0 atom stereocenters. The first kappa shape index (κ1) is 16.1. The number of hydrogen-bond donors (Lipinski definition) is 0. The van der Waals surface area contributed by atoms with Crippen molar-refractivity contribution in [2.75, 3.05) is 0 Å². The van der Waals surface area contributed by atoms with E-state index in [9.17, 15) is 8.78 Å². The predicted octanol–water partition coefficient (Wildman–Crippen LogP) is 4.21. The molecule has 3 rings (SSSR count). The van der Waals surface area contributed by atoms with E-state index in [0.29, 0.717) is 12.2 Å². The first-order valence-electron chi connectivity index (χ1n) is 7.73. The fraction of sp³-hybridized carbons (Fsp3) is 0.222. The molecule has 6 heteroatoms. The van der Waals surface area contributed by atoms with E-state index in [-0.39, 0.29) is 17.9 Å². The van der Waals surface area contributed by atoms with Gasteiger partial charge in [-0.2, -0.15) is 0 Å². The lowest BCUT2D eigenvalue weighted by atomic mass is 10.1. The Labute approximate surface area is 138 Å². The van der Waals surface area contributed by atoms with Crippen LogP contribution in [0.5, 0.6) is 5.75 Å². The van der Waals surface area contributed by atoms with E-state index in [1.54, 1.807) is 10.9 Å². The smallest absolute Gasteiger partial charge is 0.165 e. The third-order valence-electron chi connectivity index (χ3n) is 3.53. The summed E-state index contributed by atoms with van der Waals surface area (Å²) in [6.07, 6.45) is 2.48. The standard InChI is InChI=1S/C18H17F2N3O/c1-2-8-23-11-17(21-22-23)14-9-16(20)18(10-15(14)19)24-12-13-6-4-3-5-7-13/h3-7,9-11H,2,8,12H2,1H3. The molecule has 0 N–H and O–H groups in total. The number of hydrogen-bond acceptors (Lipinski definition) is 3. The van der Waals surface area contributed by atoms with Gasteiger partial charge in [-0.3, -0.25) is 4.68 Å². The SMILES string of the molecule is CCCn1cc(-c2cc(F)c(OCc3ccccc3)cc2F)nn1. The van der Waals surface area contributed by atoms with E-state index in [4.69, 9.17) is 4.74 Å². The second-order valence-electron chi connectivity index (χ2n) is 5.40. The summed E-state index contributed by atoms with van der Waals surface area (Å²) in [5.41, 5.74) is 1.25. The molecule has 0 amide bonds. The maximum absolute atomic E-state index is 14.3. The van der Waals surface area contributed by atoms with Crippen LogP contribution in [0.25, 0.3) is 11.3 Å². The van der Waals surface area contributed by atoms with Crippen molar-refractivity contribution in [1.82, 2.24) is 15.0 Å². The van der Waals surface area contributed by atoms with Gasteiger partial charge in [0.05, 0.1) is 6.20 Å². The molecule has 124 valence electrons. The molecule has 0 aliphatic rings. The Morgan fingerprint density at radius 1 is 1.08 bits per heavy atom. The molecule has 0 radical (unpaired) electrons. The topological polar surface area (TPSA) is 39.9 Å². The molecular weight excluding hydrogens is 312 g/mol. The largest absolute Gasteiger partial charge is 0.486 e. The van der Waals surface area contributed by atoms with E-state index in [1.807, 2.05) is 37.3 Å². The predicted molar refractivity (Wildman–Crippen MR) is 86.4 cm³/mol. The Morgan fingerprint density at radius 3 is 2.62 bits per heavy atom. The minimum atomic E-state index is -0.632. The molecule has 4 nitrogen and oxygen atoms in total. The highest BCUT2D eigenvalue weighted by Crippen LogP contribution is 2.28. The second kappa shape index (κ2) is 7.21. The van der Waals surface area contributed by atoms with Crippen molar-refractivity contribution in [2.45, 2.75) is 26.5 Å². The zero-order valence-electron chi connectivity index (χ0n) is 13.2. The van der Waals surface area contributed by atoms with Crippen molar-refractivity contribution in [3.8, 4) is 17.0 Å². The molecule has 1 aromatic heterocycles. The van der Waals surface area contributed by atoms with Crippen LogP contribution in [0, 0.1) is 11.6 Å². The third-order valence-corrected chi connectivity index (χ3v) is 3.53. The highest BCUT2D eigenvalue weighted by atomic mass is 19.1. The molecule has 0 fully saturated rings. The summed E-state index contributed by atoms with van der Waals surface area (Å²) in [4.78, 5) is 0. The minimum absolute atomic E-state index is 0.0712. The molecule has 0 bridgehead atoms. The number of nitrogens with zero attached hydrogens (tertiary/aromatic N) is 3. The quantitative estimate of drug-likeness (QED) is 0.680. The lowest BCUT2D eigenvalue weighted by molar-refractivity contribution is 0.288. The molecule has 0 unspecified atom stereocenters. The van der Waals surface area contributed by atoms with Gasteiger partial charge in [-0.25, -0.2) is 8.78 Å². The van der Waals surface area contributed by atoms with Crippen molar-refractivity contribution < 1.29 is 13.5 Å². The summed E-state index contributed by atoms with van der Waals surface area (Å²) in [6, 6.07) is 11.5. The van der Waals surface area contributed by atoms with Gasteiger partial charge in [-0.05, 0) is 18.1 Å². The zero-order valence-corrected chi connectivity index (χ0v) is 13.2. The van der Waals surface area contributed by atoms with Gasteiger partial charge in [-0.15, -0.1) is 5.10 Å². The lowest BCUT2D eigenvalue weighted by Crippen LogP contribution is -1.99. The normalized spacial score (nSPS) is 10.8. The molecule has 0 aliphatic carbocycles. The number of aryl methyl sites for hydroxylation is 1. The number of aromatic nitrogens is 3. The van der Waals surface area contributed by atoms with Gasteiger partial charge >= 0.3 is 0 Å². The monoisotopic (exact) mass is 329 g/mol. The summed E-state index contributed by atoms with van der Waals surface area (Å²) in [5, 5.41) is 7.79. The van der Waals surface area contributed by atoms with Crippen LogP contribution in [-0.2, 0) is 13.2 Å². The van der Waals surface area contributed by atoms with Crippen LogP contribution in [0.1, 0.15) is 18.9 Å². The fourth-order valence-electron chi connectivity index (χ4n) is 2.33. The molecule has 0 aliphatic heterocycles. The summed E-state index contributed by atoms with van der Waals surface area (Å²) < 4.78 is 35.5. The van der Waals surface area contributed by atoms with E-state index in [0.717, 1.165) is 24.1 Å². The van der Waals surface area contributed by atoms with E-state index >= 15 is 0 Å². The second-order valence-corrected chi connectivity index (χ2v) is 5.40. The van der Waals surface area contributed by atoms with Gasteiger partial charge < -0.3 is 4.74 Å². The van der Waals surface area contributed by atoms with Crippen LogP contribution < -0.4 is 4.74 Å². The Morgan fingerprint density at radius 2 is 1.88 bits per heavy atom. The fourth-order valence-corrected chi connectivity index (χ4v) is 2.33. The van der Waals surface area contributed by atoms with Crippen molar-refractivity contribution in [2.24, 2.45) is 0 Å². The Balaban J connectivity index is 1.80. The van der Waals surface area contributed by atoms with Gasteiger partial charge in [0.2, 0.25) is 0 Å². The number of rotatable bonds is 6.